The molecule has 1 N–H and O–H groups in total. The van der Waals surface area contributed by atoms with Gasteiger partial charge in [-0.15, -0.1) is 0 Å². The first-order valence-corrected chi connectivity index (χ1v) is 5.11. The third kappa shape index (κ3) is 2.37. The molecule has 6 nitrogen and oxygen atoms in total. The molecule has 0 unspecified atom stereocenters. The van der Waals surface area contributed by atoms with E-state index in [0.29, 0.717) is 5.69 Å². The molecule has 0 spiro atoms. The van der Waals surface area contributed by atoms with Gasteiger partial charge in [0.15, 0.2) is 0 Å². The summed E-state index contributed by atoms with van der Waals surface area (Å²) in [6.45, 7) is 0. The number of para-hydroxylation sites is 1. The van der Waals surface area contributed by atoms with Crippen LogP contribution in [0.15, 0.2) is 41.1 Å². The van der Waals surface area contributed by atoms with Crippen LogP contribution in [0.25, 0.3) is 0 Å². The molecule has 0 saturated heterocycles. The number of nitrogens with one attached hydrogen (secondary N) is 1. The monoisotopic (exact) mass is 246 g/mol. The fourth-order valence-corrected chi connectivity index (χ4v) is 1.40. The fourth-order valence-electron chi connectivity index (χ4n) is 1.40. The van der Waals surface area contributed by atoms with Crippen LogP contribution in [0.4, 0.5) is 5.69 Å². The Kier molecular flexibility index (Phi) is 3.38. The average molecular weight is 246 g/mol. The highest BCUT2D eigenvalue weighted by atomic mass is 16.5. The molecular formula is C12H10N2O4. The normalized spacial score (nSPS) is 9.83. The minimum Gasteiger partial charge on any atom is -0.465 e. The molecule has 0 aliphatic heterocycles. The summed E-state index contributed by atoms with van der Waals surface area (Å²) in [5.41, 5.74) is 0.624. The first kappa shape index (κ1) is 11.8. The SMILES string of the molecule is COC(=O)c1ccccc1NC(=O)c1ccno1. The Labute approximate surface area is 103 Å². The van der Waals surface area contributed by atoms with Crippen LogP contribution in [-0.4, -0.2) is 24.1 Å². The zero-order chi connectivity index (χ0) is 13.0. The number of carbonyl (C=O) groups excluding carboxylic acids is 2. The minimum atomic E-state index is -0.525. The summed E-state index contributed by atoms with van der Waals surface area (Å²) in [5, 5.41) is 5.99. The highest BCUT2D eigenvalue weighted by Gasteiger charge is 2.15. The van der Waals surface area contributed by atoms with Gasteiger partial charge in [0.25, 0.3) is 5.91 Å². The molecule has 2 rings (SSSR count). The number of benzene rings is 1. The Balaban J connectivity index is 2.24. The van der Waals surface area contributed by atoms with E-state index in [2.05, 4.69) is 15.2 Å². The van der Waals surface area contributed by atoms with E-state index in [1.54, 1.807) is 24.3 Å². The van der Waals surface area contributed by atoms with Gasteiger partial charge in [-0.2, -0.15) is 0 Å². The van der Waals surface area contributed by atoms with Crippen molar-refractivity contribution in [3.8, 4) is 0 Å². The molecule has 6 heteroatoms. The Morgan fingerprint density at radius 2 is 2.06 bits per heavy atom. The molecule has 1 aromatic carbocycles. The van der Waals surface area contributed by atoms with Crippen molar-refractivity contribution in [1.82, 2.24) is 5.16 Å². The molecule has 0 aliphatic rings. The van der Waals surface area contributed by atoms with Crippen molar-refractivity contribution in [3.63, 3.8) is 0 Å². The van der Waals surface area contributed by atoms with E-state index in [0.717, 1.165) is 0 Å². The lowest BCUT2D eigenvalue weighted by Gasteiger charge is -2.07. The number of aromatic nitrogens is 1. The van der Waals surface area contributed by atoms with Crippen molar-refractivity contribution in [2.75, 3.05) is 12.4 Å². The first-order valence-electron chi connectivity index (χ1n) is 5.11. The largest absolute Gasteiger partial charge is 0.465 e. The topological polar surface area (TPSA) is 81.4 Å². The summed E-state index contributed by atoms with van der Waals surface area (Å²) in [5.74, 6) is -0.943. The number of nitrogens with zero attached hydrogens (tertiary/aromatic N) is 1. The lowest BCUT2D eigenvalue weighted by atomic mass is 10.2. The second-order valence-corrected chi connectivity index (χ2v) is 3.37. The molecule has 18 heavy (non-hydrogen) atoms. The molecule has 1 aromatic heterocycles. The minimum absolute atomic E-state index is 0.0645. The van der Waals surface area contributed by atoms with Gasteiger partial charge in [0.2, 0.25) is 5.76 Å². The smallest absolute Gasteiger partial charge is 0.339 e. The van der Waals surface area contributed by atoms with Crippen LogP contribution in [0.5, 0.6) is 0 Å². The van der Waals surface area contributed by atoms with Crippen molar-refractivity contribution in [1.29, 1.82) is 0 Å². The number of esters is 1. The van der Waals surface area contributed by atoms with Gasteiger partial charge in [0.05, 0.1) is 24.6 Å². The van der Waals surface area contributed by atoms with E-state index in [1.807, 2.05) is 0 Å². The third-order valence-electron chi connectivity index (χ3n) is 2.24. The molecule has 1 amide bonds. The number of rotatable bonds is 3. The van der Waals surface area contributed by atoms with Gasteiger partial charge < -0.3 is 14.6 Å². The van der Waals surface area contributed by atoms with Crippen LogP contribution in [0, 0.1) is 0 Å². The molecule has 2 aromatic rings. The number of ether oxygens (including phenoxy) is 1. The molecule has 0 atom stereocenters. The van der Waals surface area contributed by atoms with Crippen molar-refractivity contribution in [2.24, 2.45) is 0 Å². The number of anilines is 1. The van der Waals surface area contributed by atoms with E-state index < -0.39 is 11.9 Å². The summed E-state index contributed by atoms with van der Waals surface area (Å²) >= 11 is 0. The Hall–Kier alpha value is -2.63. The maximum atomic E-state index is 11.7. The zero-order valence-electron chi connectivity index (χ0n) is 9.54. The Morgan fingerprint density at radius 3 is 2.72 bits per heavy atom. The summed E-state index contributed by atoms with van der Waals surface area (Å²) in [6.07, 6.45) is 1.36. The maximum absolute atomic E-state index is 11.7. The Morgan fingerprint density at radius 1 is 1.28 bits per heavy atom. The molecule has 0 bridgehead atoms. The molecule has 92 valence electrons. The highest BCUT2D eigenvalue weighted by Crippen LogP contribution is 2.17. The Bertz CT molecular complexity index is 563. The van der Waals surface area contributed by atoms with E-state index in [-0.39, 0.29) is 11.3 Å². The maximum Gasteiger partial charge on any atom is 0.339 e. The summed E-state index contributed by atoms with van der Waals surface area (Å²) < 4.78 is 9.34. The number of hydrogen-bond acceptors (Lipinski definition) is 5. The van der Waals surface area contributed by atoms with Crippen molar-refractivity contribution in [3.05, 3.63) is 47.9 Å². The van der Waals surface area contributed by atoms with E-state index in [9.17, 15) is 9.59 Å². The zero-order valence-corrected chi connectivity index (χ0v) is 9.54. The van der Waals surface area contributed by atoms with Crippen LogP contribution in [0.2, 0.25) is 0 Å². The fraction of sp³-hybridized carbons (Fsp3) is 0.0833. The quantitative estimate of drug-likeness (QED) is 0.834. The number of methoxy groups -OCH3 is 1. The van der Waals surface area contributed by atoms with Crippen molar-refractivity contribution >= 4 is 17.6 Å². The van der Waals surface area contributed by atoms with Crippen LogP contribution >= 0.6 is 0 Å². The molecule has 0 radical (unpaired) electrons. The van der Waals surface area contributed by atoms with Gasteiger partial charge in [0.1, 0.15) is 0 Å². The van der Waals surface area contributed by atoms with E-state index >= 15 is 0 Å². The standard InChI is InChI=1S/C12H10N2O4/c1-17-12(16)8-4-2-3-5-9(8)14-11(15)10-6-7-13-18-10/h2-7H,1H3,(H,14,15). The van der Waals surface area contributed by atoms with Gasteiger partial charge in [-0.25, -0.2) is 4.79 Å². The first-order chi connectivity index (χ1) is 8.72. The van der Waals surface area contributed by atoms with Gasteiger partial charge >= 0.3 is 5.97 Å². The van der Waals surface area contributed by atoms with Gasteiger partial charge in [0, 0.05) is 6.07 Å². The van der Waals surface area contributed by atoms with E-state index in [4.69, 9.17) is 4.52 Å². The molecular weight excluding hydrogens is 236 g/mol. The predicted molar refractivity (Wildman–Crippen MR) is 62.2 cm³/mol. The molecule has 0 aliphatic carbocycles. The number of amides is 1. The van der Waals surface area contributed by atoms with Gasteiger partial charge in [-0.1, -0.05) is 17.3 Å². The van der Waals surface area contributed by atoms with Crippen LogP contribution < -0.4 is 5.32 Å². The number of carbonyl (C=O) groups is 2. The molecule has 0 fully saturated rings. The van der Waals surface area contributed by atoms with Crippen LogP contribution in [0.1, 0.15) is 20.9 Å². The highest BCUT2D eigenvalue weighted by molar-refractivity contribution is 6.06. The lowest BCUT2D eigenvalue weighted by Crippen LogP contribution is -2.14. The van der Waals surface area contributed by atoms with Crippen molar-refractivity contribution in [2.45, 2.75) is 0 Å². The van der Waals surface area contributed by atoms with Gasteiger partial charge in [-0.3, -0.25) is 4.79 Å². The van der Waals surface area contributed by atoms with Crippen LogP contribution in [0.3, 0.4) is 0 Å². The third-order valence-corrected chi connectivity index (χ3v) is 2.24. The predicted octanol–water partition coefficient (Wildman–Crippen LogP) is 1.71. The summed E-state index contributed by atoms with van der Waals surface area (Å²) in [7, 11) is 1.28. The summed E-state index contributed by atoms with van der Waals surface area (Å²) in [4.78, 5) is 23.2. The van der Waals surface area contributed by atoms with E-state index in [1.165, 1.54) is 19.4 Å². The van der Waals surface area contributed by atoms with Gasteiger partial charge in [-0.05, 0) is 12.1 Å². The second kappa shape index (κ2) is 5.13. The summed E-state index contributed by atoms with van der Waals surface area (Å²) in [6, 6.07) is 7.96. The lowest BCUT2D eigenvalue weighted by molar-refractivity contribution is 0.0602. The second-order valence-electron chi connectivity index (χ2n) is 3.37. The molecule has 1 heterocycles. The molecule has 0 saturated carbocycles. The average Bonchev–Trinajstić information content (AvgIpc) is 2.92. The van der Waals surface area contributed by atoms with Crippen LogP contribution in [-0.2, 0) is 4.74 Å². The number of hydrogen-bond donors (Lipinski definition) is 1. The van der Waals surface area contributed by atoms with Crippen molar-refractivity contribution < 1.29 is 18.8 Å².